The fourth-order valence-corrected chi connectivity index (χ4v) is 3.67. The summed E-state index contributed by atoms with van der Waals surface area (Å²) >= 11 is 0. The number of ether oxygens (including phenoxy) is 7. The number of benzene rings is 1. The van der Waals surface area contributed by atoms with Gasteiger partial charge in [0.05, 0.1) is 0 Å². The molecule has 1 aliphatic rings. The Labute approximate surface area is 223 Å². The van der Waals surface area contributed by atoms with Crippen LogP contribution < -0.4 is 4.74 Å². The Morgan fingerprint density at radius 2 is 1.44 bits per heavy atom. The van der Waals surface area contributed by atoms with Crippen molar-refractivity contribution in [2.24, 2.45) is 0 Å². The lowest BCUT2D eigenvalue weighted by molar-refractivity contribution is -0.288. The first kappa shape index (κ1) is 29.1. The minimum Gasteiger partial charge on any atom is -0.463 e. The van der Waals surface area contributed by atoms with E-state index < -0.39 is 60.7 Å². The highest BCUT2D eigenvalue weighted by molar-refractivity contribution is 5.70. The molecule has 0 aliphatic carbocycles. The molecule has 0 N–H and O–H groups in total. The topological polar surface area (TPSA) is 168 Å². The molecule has 1 aliphatic heterocycles. The third kappa shape index (κ3) is 8.53. The van der Waals surface area contributed by atoms with Gasteiger partial charge < -0.3 is 33.2 Å². The van der Waals surface area contributed by atoms with Crippen molar-refractivity contribution in [3.8, 4) is 5.75 Å². The van der Waals surface area contributed by atoms with Crippen molar-refractivity contribution in [3.05, 3.63) is 48.5 Å². The second-order valence-electron chi connectivity index (χ2n) is 8.35. The first-order valence-corrected chi connectivity index (χ1v) is 11.7. The zero-order chi connectivity index (χ0) is 28.5. The summed E-state index contributed by atoms with van der Waals surface area (Å²) < 4.78 is 39.3. The molecule has 1 saturated heterocycles. The number of hydrogen-bond donors (Lipinski definition) is 0. The normalized spacial score (nSPS) is 22.2. The van der Waals surface area contributed by atoms with E-state index in [1.807, 2.05) is 0 Å². The predicted octanol–water partition coefficient (Wildman–Crippen LogP) is 1.53. The van der Waals surface area contributed by atoms with E-state index in [-0.39, 0.29) is 19.0 Å². The van der Waals surface area contributed by atoms with Crippen LogP contribution >= 0.6 is 0 Å². The van der Waals surface area contributed by atoms with Crippen LogP contribution in [0, 0.1) is 0 Å². The van der Waals surface area contributed by atoms with Crippen LogP contribution in [0.3, 0.4) is 0 Å². The average Bonchev–Trinajstić information content (AvgIpc) is 3.40. The quantitative estimate of drug-likeness (QED) is 0.327. The Morgan fingerprint density at radius 3 is 2.00 bits per heavy atom. The molecule has 39 heavy (non-hydrogen) atoms. The van der Waals surface area contributed by atoms with Crippen LogP contribution in [0.25, 0.3) is 0 Å². The number of aromatic nitrogens is 2. The molecule has 1 aromatic heterocycles. The molecule has 0 amide bonds. The molecule has 0 spiro atoms. The van der Waals surface area contributed by atoms with Crippen molar-refractivity contribution in [1.82, 2.24) is 9.55 Å². The summed E-state index contributed by atoms with van der Waals surface area (Å²) in [6.07, 6.45) is -2.90. The molecule has 210 valence electrons. The Balaban J connectivity index is 1.81. The first-order valence-electron chi connectivity index (χ1n) is 11.7. The highest BCUT2D eigenvalue weighted by atomic mass is 16.7. The molecule has 2 unspecified atom stereocenters. The second-order valence-corrected chi connectivity index (χ2v) is 8.35. The van der Waals surface area contributed by atoms with Crippen LogP contribution in [-0.2, 0) is 54.2 Å². The molecule has 0 radical (unpaired) electrons. The van der Waals surface area contributed by atoms with E-state index in [2.05, 4.69) is 4.98 Å². The largest absolute Gasteiger partial charge is 0.463 e. The lowest BCUT2D eigenvalue weighted by Gasteiger charge is -2.43. The Hall–Kier alpha value is -4.46. The molecule has 5 atom stereocenters. The van der Waals surface area contributed by atoms with Gasteiger partial charge in [0.25, 0.3) is 0 Å². The highest BCUT2D eigenvalue weighted by Crippen LogP contribution is 2.31. The molecule has 14 heteroatoms. The van der Waals surface area contributed by atoms with Crippen molar-refractivity contribution in [1.29, 1.82) is 0 Å². The van der Waals surface area contributed by atoms with Gasteiger partial charge in [-0.15, -0.1) is 0 Å². The van der Waals surface area contributed by atoms with Gasteiger partial charge in [-0.1, -0.05) is 12.1 Å². The van der Waals surface area contributed by atoms with Crippen molar-refractivity contribution in [2.45, 2.75) is 65.0 Å². The van der Waals surface area contributed by atoms with Gasteiger partial charge in [0.1, 0.15) is 31.4 Å². The number of esters is 4. The average molecular weight is 549 g/mol. The molecule has 2 aromatic rings. The first-order chi connectivity index (χ1) is 18.5. The third-order valence-corrected chi connectivity index (χ3v) is 5.20. The molecule has 1 fully saturated rings. The van der Waals surface area contributed by atoms with Crippen LogP contribution in [0.15, 0.2) is 43.0 Å². The standard InChI is InChI=1S/C25H28N2O12/c1-14(28)33-12-20-21(35-15(2)29)22(36-16(3)30)23(37-17(4)31)24(39-20)38-19-7-5-18(6-8-19)11-34-25(32)27-10-9-26-13-27/h5-10,13,20-24H,11-12H2,1-4H3/t20?,21-,22?,23+,24-/m1/s1. The smallest absolute Gasteiger partial charge is 0.419 e. The van der Waals surface area contributed by atoms with E-state index in [4.69, 9.17) is 33.2 Å². The van der Waals surface area contributed by atoms with Gasteiger partial charge in [-0.2, -0.15) is 0 Å². The maximum atomic E-state index is 12.0. The van der Waals surface area contributed by atoms with Crippen LogP contribution in [0.2, 0.25) is 0 Å². The van der Waals surface area contributed by atoms with E-state index in [9.17, 15) is 24.0 Å². The maximum Gasteiger partial charge on any atom is 0.419 e. The highest BCUT2D eigenvalue weighted by Gasteiger charge is 2.53. The summed E-state index contributed by atoms with van der Waals surface area (Å²) in [5.74, 6) is -2.62. The van der Waals surface area contributed by atoms with E-state index in [1.165, 1.54) is 30.2 Å². The summed E-state index contributed by atoms with van der Waals surface area (Å²) in [6.45, 7) is 4.16. The number of rotatable bonds is 9. The number of carbonyl (C=O) groups is 5. The minimum absolute atomic E-state index is 0.0314. The lowest BCUT2D eigenvalue weighted by Crippen LogP contribution is -2.63. The Morgan fingerprint density at radius 1 is 0.821 bits per heavy atom. The van der Waals surface area contributed by atoms with Crippen molar-refractivity contribution in [2.75, 3.05) is 6.61 Å². The van der Waals surface area contributed by atoms with Crippen LogP contribution in [0.5, 0.6) is 5.75 Å². The summed E-state index contributed by atoms with van der Waals surface area (Å²) in [6, 6.07) is 6.35. The fraction of sp³-hybridized carbons (Fsp3) is 0.440. The van der Waals surface area contributed by atoms with Gasteiger partial charge in [0, 0.05) is 40.1 Å². The summed E-state index contributed by atoms with van der Waals surface area (Å²) in [4.78, 5) is 62.9. The van der Waals surface area contributed by atoms with Crippen LogP contribution in [0.4, 0.5) is 4.79 Å². The number of carbonyl (C=O) groups excluding carboxylic acids is 5. The zero-order valence-corrected chi connectivity index (χ0v) is 21.6. The fourth-order valence-electron chi connectivity index (χ4n) is 3.67. The number of imidazole rings is 1. The second kappa shape index (κ2) is 13.4. The molecule has 0 bridgehead atoms. The Kier molecular flexibility index (Phi) is 9.98. The molecule has 2 heterocycles. The summed E-state index contributed by atoms with van der Waals surface area (Å²) in [5, 5.41) is 0. The summed E-state index contributed by atoms with van der Waals surface area (Å²) in [7, 11) is 0. The molecule has 0 saturated carbocycles. The van der Waals surface area contributed by atoms with Gasteiger partial charge in [0.15, 0.2) is 12.2 Å². The van der Waals surface area contributed by atoms with E-state index in [1.54, 1.807) is 24.3 Å². The lowest BCUT2D eigenvalue weighted by atomic mass is 9.98. The monoisotopic (exact) mass is 548 g/mol. The van der Waals surface area contributed by atoms with E-state index in [0.717, 1.165) is 20.8 Å². The van der Waals surface area contributed by atoms with Gasteiger partial charge >= 0.3 is 30.0 Å². The number of nitrogens with zero attached hydrogens (tertiary/aromatic N) is 2. The van der Waals surface area contributed by atoms with Gasteiger partial charge in [0.2, 0.25) is 12.4 Å². The van der Waals surface area contributed by atoms with Crippen molar-refractivity contribution >= 4 is 30.0 Å². The molecule has 3 rings (SSSR count). The van der Waals surface area contributed by atoms with Crippen LogP contribution in [0.1, 0.15) is 33.3 Å². The third-order valence-electron chi connectivity index (χ3n) is 5.20. The Bertz CT molecular complexity index is 1160. The maximum absolute atomic E-state index is 12.0. The zero-order valence-electron chi connectivity index (χ0n) is 21.6. The predicted molar refractivity (Wildman–Crippen MR) is 127 cm³/mol. The van der Waals surface area contributed by atoms with Crippen molar-refractivity contribution in [3.63, 3.8) is 0 Å². The van der Waals surface area contributed by atoms with Gasteiger partial charge in [-0.25, -0.2) is 14.3 Å². The van der Waals surface area contributed by atoms with Gasteiger partial charge in [-0.3, -0.25) is 19.2 Å². The summed E-state index contributed by atoms with van der Waals surface area (Å²) in [5.41, 5.74) is 0.636. The van der Waals surface area contributed by atoms with Crippen molar-refractivity contribution < 1.29 is 57.1 Å². The molecule has 14 nitrogen and oxygen atoms in total. The van der Waals surface area contributed by atoms with E-state index in [0.29, 0.717) is 5.56 Å². The van der Waals surface area contributed by atoms with Crippen LogP contribution in [-0.4, -0.2) is 76.8 Å². The van der Waals surface area contributed by atoms with E-state index >= 15 is 0 Å². The SMILES string of the molecule is CC(=O)OCC1O[C@@H](Oc2ccc(COC(=O)n3ccnc3)cc2)[C@@H](OC(C)=O)C(OC(C)=O)[C@@H]1OC(C)=O. The molecule has 1 aromatic carbocycles. The number of hydrogen-bond acceptors (Lipinski definition) is 13. The van der Waals surface area contributed by atoms with Gasteiger partial charge in [-0.05, 0) is 17.7 Å². The minimum atomic E-state index is -1.37. The molecular weight excluding hydrogens is 520 g/mol. The molecular formula is C25H28N2O12.